The Kier molecular flexibility index (Phi) is 4.77. The van der Waals surface area contributed by atoms with E-state index in [9.17, 15) is 4.79 Å². The largest absolute Gasteiger partial charge is 0.490 e. The Hall–Kier alpha value is -2.29. The molecule has 0 saturated carbocycles. The van der Waals surface area contributed by atoms with Crippen molar-refractivity contribution in [3.05, 3.63) is 48.0 Å². The van der Waals surface area contributed by atoms with Crippen molar-refractivity contribution in [1.29, 1.82) is 0 Å². The Morgan fingerprint density at radius 3 is 2.05 bits per heavy atom. The van der Waals surface area contributed by atoms with Crippen molar-refractivity contribution in [3.63, 3.8) is 0 Å². The first-order valence-electron chi connectivity index (χ1n) is 6.73. The summed E-state index contributed by atoms with van der Waals surface area (Å²) in [5.74, 6) is 1.49. The van der Waals surface area contributed by atoms with E-state index in [-0.39, 0.29) is 0 Å². The summed E-state index contributed by atoms with van der Waals surface area (Å²) in [6, 6.07) is 13.3. The van der Waals surface area contributed by atoms with Crippen LogP contribution < -0.4 is 9.47 Å². The summed E-state index contributed by atoms with van der Waals surface area (Å²) in [7, 11) is 0. The zero-order valence-electron chi connectivity index (χ0n) is 11.8. The molecule has 0 radical (unpaired) electrons. The van der Waals surface area contributed by atoms with Crippen LogP contribution >= 0.6 is 0 Å². The standard InChI is InChI=1S/C17H18O3/c1-3-19-16-10-9-15(11-17(16)20-4-2)14-7-5-13(12-18)6-8-14/h5-12H,3-4H2,1-2H3. The van der Waals surface area contributed by atoms with Gasteiger partial charge in [-0.3, -0.25) is 4.79 Å². The van der Waals surface area contributed by atoms with Gasteiger partial charge in [-0.15, -0.1) is 0 Å². The summed E-state index contributed by atoms with van der Waals surface area (Å²) in [4.78, 5) is 10.7. The molecular formula is C17H18O3. The molecule has 0 aromatic heterocycles. The minimum absolute atomic E-state index is 0.591. The summed E-state index contributed by atoms with van der Waals surface area (Å²) in [6.45, 7) is 5.09. The molecule has 3 nitrogen and oxygen atoms in total. The van der Waals surface area contributed by atoms with Crippen LogP contribution in [-0.2, 0) is 0 Å². The van der Waals surface area contributed by atoms with Crippen molar-refractivity contribution < 1.29 is 14.3 Å². The first-order chi connectivity index (χ1) is 9.78. The maximum atomic E-state index is 10.7. The molecule has 2 rings (SSSR count). The molecule has 0 spiro atoms. The van der Waals surface area contributed by atoms with E-state index in [1.54, 1.807) is 12.1 Å². The normalized spacial score (nSPS) is 10.1. The number of rotatable bonds is 6. The SMILES string of the molecule is CCOc1ccc(-c2ccc(C=O)cc2)cc1OCC. The molecule has 20 heavy (non-hydrogen) atoms. The quantitative estimate of drug-likeness (QED) is 0.745. The van der Waals surface area contributed by atoms with Crippen LogP contribution in [0.4, 0.5) is 0 Å². The molecule has 2 aromatic rings. The molecule has 0 saturated heterocycles. The van der Waals surface area contributed by atoms with Crippen LogP contribution in [0.1, 0.15) is 24.2 Å². The molecule has 0 heterocycles. The summed E-state index contributed by atoms with van der Waals surface area (Å²) in [5.41, 5.74) is 2.75. The van der Waals surface area contributed by atoms with Crippen molar-refractivity contribution in [2.75, 3.05) is 13.2 Å². The summed E-state index contributed by atoms with van der Waals surface area (Å²) in [6.07, 6.45) is 0.841. The van der Waals surface area contributed by atoms with Gasteiger partial charge in [0.15, 0.2) is 11.5 Å². The fraction of sp³-hybridized carbons (Fsp3) is 0.235. The van der Waals surface area contributed by atoms with E-state index in [0.29, 0.717) is 18.8 Å². The second kappa shape index (κ2) is 6.75. The van der Waals surface area contributed by atoms with E-state index < -0.39 is 0 Å². The third kappa shape index (κ3) is 3.18. The Morgan fingerprint density at radius 2 is 1.45 bits per heavy atom. The van der Waals surface area contributed by atoms with Gasteiger partial charge in [0.2, 0.25) is 0 Å². The number of carbonyl (C=O) groups is 1. The van der Waals surface area contributed by atoms with Crippen LogP contribution in [0.15, 0.2) is 42.5 Å². The number of benzene rings is 2. The van der Waals surface area contributed by atoms with Crippen molar-refractivity contribution in [2.45, 2.75) is 13.8 Å². The highest BCUT2D eigenvalue weighted by Crippen LogP contribution is 2.32. The molecule has 104 valence electrons. The Balaban J connectivity index is 2.35. The molecule has 0 bridgehead atoms. The van der Waals surface area contributed by atoms with Gasteiger partial charge in [-0.25, -0.2) is 0 Å². The predicted molar refractivity (Wildman–Crippen MR) is 79.6 cm³/mol. The minimum atomic E-state index is 0.591. The fourth-order valence-electron chi connectivity index (χ4n) is 1.98. The van der Waals surface area contributed by atoms with Crippen LogP contribution in [0.2, 0.25) is 0 Å². The lowest BCUT2D eigenvalue weighted by molar-refractivity contribution is 0.112. The smallest absolute Gasteiger partial charge is 0.161 e. The lowest BCUT2D eigenvalue weighted by atomic mass is 10.0. The molecule has 0 atom stereocenters. The molecule has 0 N–H and O–H groups in total. The van der Waals surface area contributed by atoms with Crippen LogP contribution in [-0.4, -0.2) is 19.5 Å². The first-order valence-corrected chi connectivity index (χ1v) is 6.73. The number of aldehydes is 1. The highest BCUT2D eigenvalue weighted by Gasteiger charge is 2.07. The molecule has 0 unspecified atom stereocenters. The van der Waals surface area contributed by atoms with E-state index in [4.69, 9.17) is 9.47 Å². The van der Waals surface area contributed by atoms with Gasteiger partial charge in [-0.05, 0) is 37.1 Å². The van der Waals surface area contributed by atoms with E-state index in [1.165, 1.54) is 0 Å². The van der Waals surface area contributed by atoms with Crippen molar-refractivity contribution >= 4 is 6.29 Å². The van der Waals surface area contributed by atoms with Crippen molar-refractivity contribution in [3.8, 4) is 22.6 Å². The van der Waals surface area contributed by atoms with Crippen LogP contribution in [0, 0.1) is 0 Å². The van der Waals surface area contributed by atoms with Crippen LogP contribution in [0.25, 0.3) is 11.1 Å². The van der Waals surface area contributed by atoms with Gasteiger partial charge in [-0.1, -0.05) is 30.3 Å². The average molecular weight is 270 g/mol. The third-order valence-corrected chi connectivity index (χ3v) is 2.92. The molecule has 0 amide bonds. The second-order valence-electron chi connectivity index (χ2n) is 4.27. The molecular weight excluding hydrogens is 252 g/mol. The summed E-state index contributed by atoms with van der Waals surface area (Å²) < 4.78 is 11.2. The first kappa shape index (κ1) is 14.1. The van der Waals surface area contributed by atoms with Gasteiger partial charge >= 0.3 is 0 Å². The maximum Gasteiger partial charge on any atom is 0.161 e. The fourth-order valence-corrected chi connectivity index (χ4v) is 1.98. The minimum Gasteiger partial charge on any atom is -0.490 e. The topological polar surface area (TPSA) is 35.5 Å². The Morgan fingerprint density at radius 1 is 0.850 bits per heavy atom. The Bertz CT molecular complexity index is 573. The highest BCUT2D eigenvalue weighted by molar-refractivity contribution is 5.77. The van der Waals surface area contributed by atoms with Crippen molar-refractivity contribution in [1.82, 2.24) is 0 Å². The molecule has 0 aliphatic rings. The van der Waals surface area contributed by atoms with Gasteiger partial charge in [0.25, 0.3) is 0 Å². The summed E-state index contributed by atoms with van der Waals surface area (Å²) in [5, 5.41) is 0. The Labute approximate surface area is 119 Å². The summed E-state index contributed by atoms with van der Waals surface area (Å²) >= 11 is 0. The van der Waals surface area contributed by atoms with Gasteiger partial charge in [0.1, 0.15) is 6.29 Å². The van der Waals surface area contributed by atoms with Gasteiger partial charge in [0.05, 0.1) is 13.2 Å². The van der Waals surface area contributed by atoms with Gasteiger partial charge < -0.3 is 9.47 Å². The highest BCUT2D eigenvalue weighted by atomic mass is 16.5. The average Bonchev–Trinajstić information content (AvgIpc) is 2.50. The van der Waals surface area contributed by atoms with Crippen LogP contribution in [0.5, 0.6) is 11.5 Å². The lowest BCUT2D eigenvalue weighted by Crippen LogP contribution is -1.98. The molecule has 0 fully saturated rings. The molecule has 0 aliphatic heterocycles. The maximum absolute atomic E-state index is 10.7. The van der Waals surface area contributed by atoms with E-state index in [0.717, 1.165) is 28.9 Å². The van der Waals surface area contributed by atoms with E-state index >= 15 is 0 Å². The third-order valence-electron chi connectivity index (χ3n) is 2.92. The van der Waals surface area contributed by atoms with Crippen molar-refractivity contribution in [2.24, 2.45) is 0 Å². The van der Waals surface area contributed by atoms with E-state index in [1.807, 2.05) is 44.2 Å². The van der Waals surface area contributed by atoms with Gasteiger partial charge in [-0.2, -0.15) is 0 Å². The lowest BCUT2D eigenvalue weighted by Gasteiger charge is -2.12. The number of carbonyl (C=O) groups excluding carboxylic acids is 1. The number of ether oxygens (including phenoxy) is 2. The number of hydrogen-bond acceptors (Lipinski definition) is 3. The zero-order chi connectivity index (χ0) is 14.4. The molecule has 0 aliphatic carbocycles. The monoisotopic (exact) mass is 270 g/mol. The van der Waals surface area contributed by atoms with E-state index in [2.05, 4.69) is 0 Å². The predicted octanol–water partition coefficient (Wildman–Crippen LogP) is 3.96. The van der Waals surface area contributed by atoms with Crippen LogP contribution in [0.3, 0.4) is 0 Å². The molecule has 3 heteroatoms. The second-order valence-corrected chi connectivity index (χ2v) is 4.27. The molecule has 2 aromatic carbocycles. The number of hydrogen-bond donors (Lipinski definition) is 0. The zero-order valence-corrected chi connectivity index (χ0v) is 11.8. The van der Waals surface area contributed by atoms with Gasteiger partial charge in [0, 0.05) is 5.56 Å².